The Hall–Kier alpha value is -3.33. The SMILES string of the molecule is C=C/C(C)=C\C=C(\COc1ccc(Cc2cc(/C(=C/C=C(\C)CC)C(=C)CC)on2)cc1C)C(C)C. The van der Waals surface area contributed by atoms with Gasteiger partial charge in [-0.1, -0.05) is 99.7 Å². The number of nitrogens with zero attached hydrogens (tertiary/aromatic N) is 1. The van der Waals surface area contributed by atoms with Crippen molar-refractivity contribution in [2.24, 2.45) is 5.92 Å². The Labute approximate surface area is 218 Å². The molecule has 0 saturated carbocycles. The summed E-state index contributed by atoms with van der Waals surface area (Å²) in [5.74, 6) is 2.07. The Bertz CT molecular complexity index is 1170. The lowest BCUT2D eigenvalue weighted by atomic mass is 10.0. The van der Waals surface area contributed by atoms with Crippen LogP contribution in [0.4, 0.5) is 0 Å². The number of hydrogen-bond acceptors (Lipinski definition) is 3. The zero-order valence-electron chi connectivity index (χ0n) is 23.3. The number of rotatable bonds is 13. The van der Waals surface area contributed by atoms with Crippen LogP contribution in [0, 0.1) is 12.8 Å². The maximum absolute atomic E-state index is 6.18. The van der Waals surface area contributed by atoms with Gasteiger partial charge in [0.15, 0.2) is 5.76 Å². The average molecular weight is 486 g/mol. The van der Waals surface area contributed by atoms with Crippen LogP contribution in [0.3, 0.4) is 0 Å². The first kappa shape index (κ1) is 28.9. The van der Waals surface area contributed by atoms with Gasteiger partial charge < -0.3 is 9.26 Å². The van der Waals surface area contributed by atoms with E-state index in [1.165, 1.54) is 16.7 Å². The number of benzene rings is 1. The van der Waals surface area contributed by atoms with E-state index in [1.54, 1.807) is 0 Å². The predicted octanol–water partition coefficient (Wildman–Crippen LogP) is 9.37. The molecule has 192 valence electrons. The molecule has 1 aromatic carbocycles. The smallest absolute Gasteiger partial charge is 0.167 e. The van der Waals surface area contributed by atoms with E-state index in [0.717, 1.165) is 52.3 Å². The van der Waals surface area contributed by atoms with E-state index >= 15 is 0 Å². The Morgan fingerprint density at radius 3 is 2.42 bits per heavy atom. The summed E-state index contributed by atoms with van der Waals surface area (Å²) in [6.45, 7) is 23.5. The van der Waals surface area contributed by atoms with Crippen molar-refractivity contribution in [3.8, 4) is 5.75 Å². The molecule has 0 saturated heterocycles. The lowest BCUT2D eigenvalue weighted by molar-refractivity contribution is 0.337. The molecule has 0 amide bonds. The molecule has 0 aliphatic rings. The third kappa shape index (κ3) is 8.71. The quantitative estimate of drug-likeness (QED) is 0.265. The van der Waals surface area contributed by atoms with Gasteiger partial charge >= 0.3 is 0 Å². The molecule has 3 heteroatoms. The Balaban J connectivity index is 2.15. The highest BCUT2D eigenvalue weighted by atomic mass is 16.5. The van der Waals surface area contributed by atoms with Crippen LogP contribution in [0.5, 0.6) is 5.75 Å². The third-order valence-corrected chi connectivity index (χ3v) is 6.37. The fraction of sp³-hybridized carbons (Fsp3) is 0.364. The van der Waals surface area contributed by atoms with Crippen LogP contribution in [0.2, 0.25) is 0 Å². The summed E-state index contributed by atoms with van der Waals surface area (Å²) >= 11 is 0. The van der Waals surface area contributed by atoms with Crippen LogP contribution in [0.15, 0.2) is 94.6 Å². The molecule has 0 spiro atoms. The summed E-state index contributed by atoms with van der Waals surface area (Å²) in [4.78, 5) is 0. The molecule has 0 bridgehead atoms. The van der Waals surface area contributed by atoms with Gasteiger partial charge in [0.25, 0.3) is 0 Å². The van der Waals surface area contributed by atoms with Crippen molar-refractivity contribution in [3.63, 3.8) is 0 Å². The summed E-state index contributed by atoms with van der Waals surface area (Å²) in [5.41, 5.74) is 8.93. The van der Waals surface area contributed by atoms with Gasteiger partial charge in [-0.15, -0.1) is 0 Å². The average Bonchev–Trinajstić information content (AvgIpc) is 3.32. The molecule has 1 heterocycles. The van der Waals surface area contributed by atoms with Gasteiger partial charge in [0, 0.05) is 18.1 Å². The standard InChI is InChI=1S/C33H43NO2/c1-10-24(6)13-16-29(23(4)5)22-35-32-18-15-28(19-27(32)9)20-30-21-33(36-34-30)31(26(8)12-3)17-14-25(7)11-2/h10,13-19,21,23H,1,8,11-12,20,22H2,2-7,9H3/b24-13-,25-14+,29-16-,31-17+. The molecule has 2 aromatic rings. The van der Waals surface area contributed by atoms with E-state index in [-0.39, 0.29) is 0 Å². The second kappa shape index (κ2) is 14.3. The van der Waals surface area contributed by atoms with Gasteiger partial charge in [0.2, 0.25) is 0 Å². The Kier molecular flexibility index (Phi) is 11.5. The molecule has 1 aromatic heterocycles. The van der Waals surface area contributed by atoms with Crippen LogP contribution in [-0.2, 0) is 6.42 Å². The second-order valence-corrected chi connectivity index (χ2v) is 9.66. The lowest BCUT2D eigenvalue weighted by Gasteiger charge is -2.15. The topological polar surface area (TPSA) is 35.3 Å². The number of aromatic nitrogens is 1. The van der Waals surface area contributed by atoms with Crippen LogP contribution in [0.25, 0.3) is 5.57 Å². The summed E-state index contributed by atoms with van der Waals surface area (Å²) < 4.78 is 11.9. The monoisotopic (exact) mass is 485 g/mol. The first-order valence-corrected chi connectivity index (χ1v) is 12.9. The van der Waals surface area contributed by atoms with Crippen molar-refractivity contribution in [1.29, 1.82) is 0 Å². The predicted molar refractivity (Wildman–Crippen MR) is 154 cm³/mol. The van der Waals surface area contributed by atoms with Crippen molar-refractivity contribution in [2.75, 3.05) is 6.61 Å². The van der Waals surface area contributed by atoms with E-state index in [2.05, 4.69) is 102 Å². The number of allylic oxidation sites excluding steroid dienone is 9. The maximum Gasteiger partial charge on any atom is 0.167 e. The summed E-state index contributed by atoms with van der Waals surface area (Å²) in [5, 5.41) is 4.34. The van der Waals surface area contributed by atoms with E-state index in [1.807, 2.05) is 19.1 Å². The highest BCUT2D eigenvalue weighted by Gasteiger charge is 2.13. The minimum atomic E-state index is 0.406. The van der Waals surface area contributed by atoms with Gasteiger partial charge in [-0.25, -0.2) is 0 Å². The van der Waals surface area contributed by atoms with Crippen molar-refractivity contribution in [2.45, 2.75) is 67.7 Å². The third-order valence-electron chi connectivity index (χ3n) is 6.37. The van der Waals surface area contributed by atoms with E-state index in [0.29, 0.717) is 18.9 Å². The van der Waals surface area contributed by atoms with Gasteiger partial charge in [0.05, 0.1) is 5.69 Å². The van der Waals surface area contributed by atoms with E-state index in [4.69, 9.17) is 9.26 Å². The summed E-state index contributed by atoms with van der Waals surface area (Å²) in [7, 11) is 0. The first-order chi connectivity index (χ1) is 17.2. The van der Waals surface area contributed by atoms with Crippen LogP contribution in [0.1, 0.15) is 77.0 Å². The molecule has 0 fully saturated rings. The van der Waals surface area contributed by atoms with Gasteiger partial charge in [-0.2, -0.15) is 0 Å². The maximum atomic E-state index is 6.18. The molecule has 0 N–H and O–H groups in total. The normalized spacial score (nSPS) is 13.3. The summed E-state index contributed by atoms with van der Waals surface area (Å²) in [6.07, 6.45) is 12.9. The molecular formula is C33H43NO2. The number of hydrogen-bond donors (Lipinski definition) is 0. The minimum Gasteiger partial charge on any atom is -0.489 e. The molecule has 0 unspecified atom stereocenters. The van der Waals surface area contributed by atoms with E-state index in [9.17, 15) is 0 Å². The first-order valence-electron chi connectivity index (χ1n) is 12.9. The number of ether oxygens (including phenoxy) is 1. The molecule has 0 aliphatic heterocycles. The van der Waals surface area contributed by atoms with Gasteiger partial charge in [-0.05, 0) is 67.9 Å². The Morgan fingerprint density at radius 1 is 1.06 bits per heavy atom. The van der Waals surface area contributed by atoms with Crippen molar-refractivity contribution in [1.82, 2.24) is 5.16 Å². The zero-order valence-corrected chi connectivity index (χ0v) is 23.3. The molecule has 0 aliphatic carbocycles. The molecule has 3 nitrogen and oxygen atoms in total. The lowest BCUT2D eigenvalue weighted by Crippen LogP contribution is -2.07. The van der Waals surface area contributed by atoms with E-state index < -0.39 is 0 Å². The van der Waals surface area contributed by atoms with Crippen LogP contribution < -0.4 is 4.74 Å². The fourth-order valence-corrected chi connectivity index (χ4v) is 3.50. The highest BCUT2D eigenvalue weighted by Crippen LogP contribution is 2.27. The van der Waals surface area contributed by atoms with Crippen molar-refractivity contribution < 1.29 is 9.26 Å². The van der Waals surface area contributed by atoms with Crippen molar-refractivity contribution in [3.05, 3.63) is 113 Å². The molecule has 2 rings (SSSR count). The van der Waals surface area contributed by atoms with Gasteiger partial charge in [0.1, 0.15) is 12.4 Å². The molecule has 36 heavy (non-hydrogen) atoms. The zero-order chi connectivity index (χ0) is 26.7. The largest absolute Gasteiger partial charge is 0.489 e. The van der Waals surface area contributed by atoms with Crippen LogP contribution in [-0.4, -0.2) is 11.8 Å². The van der Waals surface area contributed by atoms with Crippen molar-refractivity contribution >= 4 is 5.57 Å². The fourth-order valence-electron chi connectivity index (χ4n) is 3.50. The minimum absolute atomic E-state index is 0.406. The van der Waals surface area contributed by atoms with Gasteiger partial charge in [-0.3, -0.25) is 0 Å². The molecule has 0 atom stereocenters. The molecular weight excluding hydrogens is 442 g/mol. The van der Waals surface area contributed by atoms with Crippen LogP contribution >= 0.6 is 0 Å². The summed E-state index contributed by atoms with van der Waals surface area (Å²) in [6, 6.07) is 8.35. The molecule has 0 radical (unpaired) electrons. The second-order valence-electron chi connectivity index (χ2n) is 9.66. The number of aryl methyl sites for hydroxylation is 1. The highest BCUT2D eigenvalue weighted by molar-refractivity contribution is 5.76. The Morgan fingerprint density at radius 2 is 1.81 bits per heavy atom.